The number of imide groups is 1. The predicted molar refractivity (Wildman–Crippen MR) is 101 cm³/mol. The molecule has 3 aliphatic rings. The molecule has 2 aliphatic carbocycles. The summed E-state index contributed by atoms with van der Waals surface area (Å²) in [7, 11) is 0. The van der Waals surface area contributed by atoms with Gasteiger partial charge in [-0.25, -0.2) is 4.79 Å². The Morgan fingerprint density at radius 1 is 1.21 bits per heavy atom. The highest BCUT2D eigenvalue weighted by molar-refractivity contribution is 6.09. The Bertz CT molecular complexity index is 638. The monoisotopic (exact) mass is 393 g/mol. The van der Waals surface area contributed by atoms with Gasteiger partial charge in [0.1, 0.15) is 12.1 Å². The van der Waals surface area contributed by atoms with Crippen LogP contribution in [0.3, 0.4) is 0 Å². The molecule has 0 unspecified atom stereocenters. The van der Waals surface area contributed by atoms with Gasteiger partial charge in [0, 0.05) is 13.1 Å². The highest BCUT2D eigenvalue weighted by atomic mass is 16.5. The number of hydrogen-bond acceptors (Lipinski definition) is 5. The molecule has 1 saturated heterocycles. The standard InChI is InChI=1S/C20H31N3O5/c1-3-28-17(25)8-11-22(12-15-4-5-15)16(24)13-23-18(26)20(21-19(23)27)9-6-14(2)7-10-20/h14-15H,3-13H2,1-2H3,(H,21,27). The second kappa shape index (κ2) is 8.49. The van der Waals surface area contributed by atoms with Gasteiger partial charge in [-0.1, -0.05) is 6.92 Å². The number of nitrogens with one attached hydrogen (secondary N) is 1. The number of ether oxygens (including phenoxy) is 1. The predicted octanol–water partition coefficient (Wildman–Crippen LogP) is 1.68. The topological polar surface area (TPSA) is 96.0 Å². The summed E-state index contributed by atoms with van der Waals surface area (Å²) in [4.78, 5) is 52.5. The lowest BCUT2D eigenvalue weighted by molar-refractivity contribution is -0.145. The van der Waals surface area contributed by atoms with Crippen LogP contribution in [0.5, 0.6) is 0 Å². The van der Waals surface area contributed by atoms with E-state index in [1.165, 1.54) is 0 Å². The molecule has 156 valence electrons. The highest BCUT2D eigenvalue weighted by Crippen LogP contribution is 2.36. The Morgan fingerprint density at radius 3 is 2.50 bits per heavy atom. The third-order valence-electron chi connectivity index (χ3n) is 6.09. The molecule has 3 rings (SSSR count). The lowest BCUT2D eigenvalue weighted by Crippen LogP contribution is -2.50. The van der Waals surface area contributed by atoms with Gasteiger partial charge in [-0.3, -0.25) is 19.3 Å². The summed E-state index contributed by atoms with van der Waals surface area (Å²) >= 11 is 0. The molecule has 3 fully saturated rings. The average molecular weight is 393 g/mol. The first-order valence-corrected chi connectivity index (χ1v) is 10.4. The summed E-state index contributed by atoms with van der Waals surface area (Å²) in [5, 5.41) is 2.85. The Kier molecular flexibility index (Phi) is 6.25. The number of carbonyl (C=O) groups excluding carboxylic acids is 4. The normalized spacial score (nSPS) is 27.1. The van der Waals surface area contributed by atoms with Crippen LogP contribution < -0.4 is 5.32 Å². The highest BCUT2D eigenvalue weighted by Gasteiger charge is 2.52. The van der Waals surface area contributed by atoms with Crippen LogP contribution in [-0.2, 0) is 19.1 Å². The minimum Gasteiger partial charge on any atom is -0.466 e. The zero-order valence-corrected chi connectivity index (χ0v) is 16.9. The molecule has 1 N–H and O–H groups in total. The fourth-order valence-electron chi connectivity index (χ4n) is 4.04. The second-order valence-electron chi connectivity index (χ2n) is 8.42. The fraction of sp³-hybridized carbons (Fsp3) is 0.800. The van der Waals surface area contributed by atoms with Crippen molar-refractivity contribution in [1.29, 1.82) is 0 Å². The van der Waals surface area contributed by atoms with Gasteiger partial charge in [0.2, 0.25) is 5.91 Å². The Hall–Kier alpha value is -2.12. The quantitative estimate of drug-likeness (QED) is 0.500. The number of nitrogens with zero attached hydrogens (tertiary/aromatic N) is 2. The third kappa shape index (κ3) is 4.64. The number of amides is 4. The van der Waals surface area contributed by atoms with E-state index in [4.69, 9.17) is 4.74 Å². The summed E-state index contributed by atoms with van der Waals surface area (Å²) in [5.41, 5.74) is -0.837. The summed E-state index contributed by atoms with van der Waals surface area (Å²) in [6.45, 7) is 4.74. The van der Waals surface area contributed by atoms with Crippen molar-refractivity contribution in [2.24, 2.45) is 11.8 Å². The Balaban J connectivity index is 1.61. The number of esters is 1. The van der Waals surface area contributed by atoms with Gasteiger partial charge in [-0.05, 0) is 57.3 Å². The molecule has 8 heteroatoms. The molecule has 2 saturated carbocycles. The SMILES string of the molecule is CCOC(=O)CCN(CC1CC1)C(=O)CN1C(=O)NC2(CCC(C)CC2)C1=O. The molecule has 4 amide bonds. The van der Waals surface area contributed by atoms with Crippen LogP contribution in [0, 0.1) is 11.8 Å². The van der Waals surface area contributed by atoms with Gasteiger partial charge in [-0.2, -0.15) is 0 Å². The minimum absolute atomic E-state index is 0.119. The molecular formula is C20H31N3O5. The molecule has 28 heavy (non-hydrogen) atoms. The average Bonchev–Trinajstić information content (AvgIpc) is 3.45. The number of hydrogen-bond donors (Lipinski definition) is 1. The van der Waals surface area contributed by atoms with Gasteiger partial charge in [0.25, 0.3) is 5.91 Å². The van der Waals surface area contributed by atoms with Crippen molar-refractivity contribution in [1.82, 2.24) is 15.1 Å². The van der Waals surface area contributed by atoms with Crippen LogP contribution in [0.1, 0.15) is 58.8 Å². The van der Waals surface area contributed by atoms with E-state index in [2.05, 4.69) is 12.2 Å². The molecule has 0 atom stereocenters. The first kappa shape index (κ1) is 20.6. The van der Waals surface area contributed by atoms with Crippen molar-refractivity contribution in [2.75, 3.05) is 26.2 Å². The minimum atomic E-state index is -0.837. The maximum Gasteiger partial charge on any atom is 0.325 e. The van der Waals surface area contributed by atoms with Crippen LogP contribution in [-0.4, -0.2) is 65.4 Å². The van der Waals surface area contributed by atoms with E-state index >= 15 is 0 Å². The van der Waals surface area contributed by atoms with Crippen molar-refractivity contribution >= 4 is 23.8 Å². The van der Waals surface area contributed by atoms with Crippen LogP contribution >= 0.6 is 0 Å². The molecule has 0 aromatic rings. The molecule has 0 aromatic carbocycles. The van der Waals surface area contributed by atoms with Crippen LogP contribution in [0.4, 0.5) is 4.79 Å². The molecule has 1 heterocycles. The first-order valence-electron chi connectivity index (χ1n) is 10.4. The maximum absolute atomic E-state index is 12.9. The zero-order chi connectivity index (χ0) is 20.3. The molecule has 0 radical (unpaired) electrons. The summed E-state index contributed by atoms with van der Waals surface area (Å²) < 4.78 is 4.94. The Labute approximate surface area is 165 Å². The van der Waals surface area contributed by atoms with Crippen molar-refractivity contribution < 1.29 is 23.9 Å². The molecule has 1 spiro atoms. The zero-order valence-electron chi connectivity index (χ0n) is 16.9. The van der Waals surface area contributed by atoms with Crippen LogP contribution in [0.2, 0.25) is 0 Å². The summed E-state index contributed by atoms with van der Waals surface area (Å²) in [6, 6.07) is -0.482. The number of rotatable bonds is 8. The fourth-order valence-corrected chi connectivity index (χ4v) is 4.04. The van der Waals surface area contributed by atoms with Gasteiger partial charge in [0.05, 0.1) is 13.0 Å². The Morgan fingerprint density at radius 2 is 1.89 bits per heavy atom. The van der Waals surface area contributed by atoms with Crippen molar-refractivity contribution in [3.63, 3.8) is 0 Å². The number of urea groups is 1. The van der Waals surface area contributed by atoms with E-state index in [9.17, 15) is 19.2 Å². The first-order chi connectivity index (χ1) is 13.3. The van der Waals surface area contributed by atoms with Crippen molar-refractivity contribution in [3.8, 4) is 0 Å². The van der Waals surface area contributed by atoms with Crippen LogP contribution in [0.25, 0.3) is 0 Å². The smallest absolute Gasteiger partial charge is 0.325 e. The van der Waals surface area contributed by atoms with Crippen molar-refractivity contribution in [3.05, 3.63) is 0 Å². The molecule has 8 nitrogen and oxygen atoms in total. The van der Waals surface area contributed by atoms with E-state index in [0.29, 0.717) is 37.8 Å². The maximum atomic E-state index is 12.9. The van der Waals surface area contributed by atoms with E-state index in [1.54, 1.807) is 11.8 Å². The lowest BCUT2D eigenvalue weighted by Gasteiger charge is -2.33. The van der Waals surface area contributed by atoms with E-state index in [0.717, 1.165) is 30.6 Å². The van der Waals surface area contributed by atoms with Crippen molar-refractivity contribution in [2.45, 2.75) is 64.3 Å². The van der Waals surface area contributed by atoms with E-state index in [1.807, 2.05) is 0 Å². The molecule has 0 aromatic heterocycles. The van der Waals surface area contributed by atoms with Gasteiger partial charge in [0.15, 0.2) is 0 Å². The largest absolute Gasteiger partial charge is 0.466 e. The molecular weight excluding hydrogens is 362 g/mol. The molecule has 0 bridgehead atoms. The van der Waals surface area contributed by atoms with E-state index < -0.39 is 11.6 Å². The van der Waals surface area contributed by atoms with Gasteiger partial charge < -0.3 is 15.0 Å². The summed E-state index contributed by atoms with van der Waals surface area (Å²) in [6.07, 6.45) is 5.27. The molecule has 1 aliphatic heterocycles. The van der Waals surface area contributed by atoms with Gasteiger partial charge >= 0.3 is 12.0 Å². The summed E-state index contributed by atoms with van der Waals surface area (Å²) in [5.74, 6) is 0.0696. The lowest BCUT2D eigenvalue weighted by atomic mass is 9.77. The van der Waals surface area contributed by atoms with Gasteiger partial charge in [-0.15, -0.1) is 0 Å². The third-order valence-corrected chi connectivity index (χ3v) is 6.09. The van der Waals surface area contributed by atoms with E-state index in [-0.39, 0.29) is 37.3 Å². The van der Waals surface area contributed by atoms with Crippen LogP contribution in [0.15, 0.2) is 0 Å². The number of carbonyl (C=O) groups is 4. The second-order valence-corrected chi connectivity index (χ2v) is 8.42.